The Hall–Kier alpha value is -2.44. The van der Waals surface area contributed by atoms with Crippen molar-refractivity contribution < 1.29 is 4.74 Å². The SMILES string of the molecule is COc1cccc(-c2nn3c(-c4cccc(Cl)c4)nnc3s2)c1. The third kappa shape index (κ3) is 2.56. The fourth-order valence-electron chi connectivity index (χ4n) is 2.30. The average Bonchev–Trinajstić information content (AvgIpc) is 3.15. The number of ether oxygens (including phenoxy) is 1. The van der Waals surface area contributed by atoms with E-state index in [1.165, 1.54) is 11.3 Å². The molecule has 0 aliphatic rings. The molecule has 0 radical (unpaired) electrons. The lowest BCUT2D eigenvalue weighted by atomic mass is 10.2. The van der Waals surface area contributed by atoms with Crippen LogP contribution >= 0.6 is 22.9 Å². The van der Waals surface area contributed by atoms with Gasteiger partial charge in [-0.15, -0.1) is 10.2 Å². The van der Waals surface area contributed by atoms with Crippen molar-refractivity contribution in [2.24, 2.45) is 0 Å². The molecule has 0 atom stereocenters. The van der Waals surface area contributed by atoms with E-state index in [9.17, 15) is 0 Å². The van der Waals surface area contributed by atoms with Crippen molar-refractivity contribution in [2.45, 2.75) is 0 Å². The highest BCUT2D eigenvalue weighted by molar-refractivity contribution is 7.19. The summed E-state index contributed by atoms with van der Waals surface area (Å²) >= 11 is 7.54. The molecule has 5 nitrogen and oxygen atoms in total. The van der Waals surface area contributed by atoms with Gasteiger partial charge in [0.1, 0.15) is 10.8 Å². The third-order valence-electron chi connectivity index (χ3n) is 3.39. The second-order valence-corrected chi connectivity index (χ2v) is 6.26. The topological polar surface area (TPSA) is 52.3 Å². The summed E-state index contributed by atoms with van der Waals surface area (Å²) in [5.41, 5.74) is 1.87. The number of halogens is 1. The van der Waals surface area contributed by atoms with Gasteiger partial charge in [-0.3, -0.25) is 0 Å². The van der Waals surface area contributed by atoms with Gasteiger partial charge in [0.15, 0.2) is 5.82 Å². The molecule has 0 N–H and O–H groups in total. The number of hydrogen-bond acceptors (Lipinski definition) is 5. The van der Waals surface area contributed by atoms with Crippen LogP contribution in [0.4, 0.5) is 0 Å². The van der Waals surface area contributed by atoms with Crippen molar-refractivity contribution in [1.82, 2.24) is 19.8 Å². The molecular formula is C16H11ClN4OS. The van der Waals surface area contributed by atoms with E-state index in [-0.39, 0.29) is 0 Å². The van der Waals surface area contributed by atoms with Crippen LogP contribution in [0.2, 0.25) is 5.02 Å². The molecule has 4 aromatic rings. The van der Waals surface area contributed by atoms with Crippen molar-refractivity contribution in [1.29, 1.82) is 0 Å². The lowest BCUT2D eigenvalue weighted by molar-refractivity contribution is 0.415. The summed E-state index contributed by atoms with van der Waals surface area (Å²) < 4.78 is 7.01. The molecule has 0 fully saturated rings. The van der Waals surface area contributed by atoms with Crippen molar-refractivity contribution in [3.8, 4) is 27.7 Å². The minimum Gasteiger partial charge on any atom is -0.497 e. The Kier molecular flexibility index (Phi) is 3.48. The van der Waals surface area contributed by atoms with Gasteiger partial charge in [-0.25, -0.2) is 0 Å². The van der Waals surface area contributed by atoms with Gasteiger partial charge in [-0.05, 0) is 24.3 Å². The smallest absolute Gasteiger partial charge is 0.235 e. The Labute approximate surface area is 141 Å². The fraction of sp³-hybridized carbons (Fsp3) is 0.0625. The summed E-state index contributed by atoms with van der Waals surface area (Å²) in [6.45, 7) is 0. The molecule has 2 heterocycles. The van der Waals surface area contributed by atoms with Gasteiger partial charge in [0.05, 0.1) is 7.11 Å². The quantitative estimate of drug-likeness (QED) is 0.560. The maximum absolute atomic E-state index is 6.06. The molecule has 0 bridgehead atoms. The van der Waals surface area contributed by atoms with Gasteiger partial charge in [0.25, 0.3) is 0 Å². The first kappa shape index (κ1) is 14.2. The fourth-order valence-corrected chi connectivity index (χ4v) is 3.32. The van der Waals surface area contributed by atoms with Crippen LogP contribution in [0.5, 0.6) is 5.75 Å². The van der Waals surface area contributed by atoms with Gasteiger partial charge in [-0.2, -0.15) is 9.61 Å². The standard InChI is InChI=1S/C16H11ClN4OS/c1-22-13-7-3-5-11(9-13)15-20-21-14(18-19-16(21)23-15)10-4-2-6-12(17)8-10/h2-9H,1H3. The normalized spacial score (nSPS) is 11.0. The van der Waals surface area contributed by atoms with E-state index >= 15 is 0 Å². The lowest BCUT2D eigenvalue weighted by Gasteiger charge is -2.01. The van der Waals surface area contributed by atoms with E-state index in [0.717, 1.165) is 26.8 Å². The molecule has 2 aromatic carbocycles. The lowest BCUT2D eigenvalue weighted by Crippen LogP contribution is -1.91. The van der Waals surface area contributed by atoms with Crippen LogP contribution in [0.15, 0.2) is 48.5 Å². The van der Waals surface area contributed by atoms with E-state index in [4.69, 9.17) is 16.3 Å². The van der Waals surface area contributed by atoms with Crippen LogP contribution in [0.1, 0.15) is 0 Å². The zero-order chi connectivity index (χ0) is 15.8. The zero-order valence-corrected chi connectivity index (χ0v) is 13.7. The zero-order valence-electron chi connectivity index (χ0n) is 12.1. The largest absolute Gasteiger partial charge is 0.497 e. The summed E-state index contributed by atoms with van der Waals surface area (Å²) in [7, 11) is 1.65. The number of benzene rings is 2. The highest BCUT2D eigenvalue weighted by Crippen LogP contribution is 2.30. The first-order valence-electron chi connectivity index (χ1n) is 6.87. The minimum absolute atomic E-state index is 0.655. The molecule has 0 unspecified atom stereocenters. The highest BCUT2D eigenvalue weighted by atomic mass is 35.5. The molecule has 114 valence electrons. The summed E-state index contributed by atoms with van der Waals surface area (Å²) in [6, 6.07) is 15.3. The molecule has 7 heteroatoms. The molecule has 0 saturated carbocycles. The first-order valence-corrected chi connectivity index (χ1v) is 8.06. The molecule has 0 saturated heterocycles. The second-order valence-electron chi connectivity index (χ2n) is 4.87. The molecule has 0 amide bonds. The average molecular weight is 343 g/mol. The second kappa shape index (κ2) is 5.64. The Morgan fingerprint density at radius 3 is 2.70 bits per heavy atom. The maximum atomic E-state index is 6.06. The Morgan fingerprint density at radius 2 is 1.87 bits per heavy atom. The van der Waals surface area contributed by atoms with Gasteiger partial charge in [-0.1, -0.05) is 47.2 Å². The third-order valence-corrected chi connectivity index (χ3v) is 4.57. The first-order chi connectivity index (χ1) is 11.2. The molecular weight excluding hydrogens is 332 g/mol. The Balaban J connectivity index is 1.83. The van der Waals surface area contributed by atoms with Crippen molar-refractivity contribution in [3.63, 3.8) is 0 Å². The van der Waals surface area contributed by atoms with E-state index in [0.29, 0.717) is 10.8 Å². The molecule has 4 rings (SSSR count). The summed E-state index contributed by atoms with van der Waals surface area (Å²) in [4.78, 5) is 0.734. The number of hydrogen-bond donors (Lipinski definition) is 0. The summed E-state index contributed by atoms with van der Waals surface area (Å²) in [5, 5.41) is 14.6. The van der Waals surface area contributed by atoms with Crippen LogP contribution in [-0.4, -0.2) is 26.9 Å². The number of methoxy groups -OCH3 is 1. The van der Waals surface area contributed by atoms with Gasteiger partial charge >= 0.3 is 0 Å². The number of fused-ring (bicyclic) bond motifs is 1. The molecule has 2 aromatic heterocycles. The minimum atomic E-state index is 0.655. The van der Waals surface area contributed by atoms with Crippen LogP contribution in [-0.2, 0) is 0 Å². The number of nitrogens with zero attached hydrogens (tertiary/aromatic N) is 4. The van der Waals surface area contributed by atoms with Crippen LogP contribution in [0.25, 0.3) is 26.9 Å². The summed E-state index contributed by atoms with van der Waals surface area (Å²) in [5.74, 6) is 1.47. The Morgan fingerprint density at radius 1 is 1.04 bits per heavy atom. The van der Waals surface area contributed by atoms with E-state index < -0.39 is 0 Å². The molecule has 0 aliphatic carbocycles. The Bertz CT molecular complexity index is 995. The van der Waals surface area contributed by atoms with E-state index in [2.05, 4.69) is 15.3 Å². The monoisotopic (exact) mass is 342 g/mol. The van der Waals surface area contributed by atoms with Crippen molar-refractivity contribution in [2.75, 3.05) is 7.11 Å². The van der Waals surface area contributed by atoms with Crippen molar-refractivity contribution in [3.05, 3.63) is 53.6 Å². The number of aromatic nitrogens is 4. The summed E-state index contributed by atoms with van der Waals surface area (Å²) in [6.07, 6.45) is 0. The van der Waals surface area contributed by atoms with E-state index in [1.54, 1.807) is 11.6 Å². The molecule has 0 aliphatic heterocycles. The van der Waals surface area contributed by atoms with Gasteiger partial charge < -0.3 is 4.74 Å². The predicted octanol–water partition coefficient (Wildman–Crippen LogP) is 4.18. The maximum Gasteiger partial charge on any atom is 0.235 e. The molecule has 0 spiro atoms. The van der Waals surface area contributed by atoms with Crippen LogP contribution in [0.3, 0.4) is 0 Å². The van der Waals surface area contributed by atoms with Gasteiger partial charge in [0.2, 0.25) is 4.96 Å². The van der Waals surface area contributed by atoms with Crippen LogP contribution in [0, 0.1) is 0 Å². The van der Waals surface area contributed by atoms with Crippen molar-refractivity contribution >= 4 is 27.9 Å². The predicted molar refractivity (Wildman–Crippen MR) is 91.1 cm³/mol. The molecule has 23 heavy (non-hydrogen) atoms. The van der Waals surface area contributed by atoms with Crippen LogP contribution < -0.4 is 4.74 Å². The highest BCUT2D eigenvalue weighted by Gasteiger charge is 2.14. The number of rotatable bonds is 3. The van der Waals surface area contributed by atoms with Gasteiger partial charge in [0, 0.05) is 16.1 Å². The van der Waals surface area contributed by atoms with E-state index in [1.807, 2.05) is 48.5 Å².